The molecule has 2 aromatic rings. The number of aromatic nitrogens is 3. The van der Waals surface area contributed by atoms with Crippen molar-refractivity contribution in [1.29, 1.82) is 0 Å². The van der Waals surface area contributed by atoms with E-state index in [1.54, 1.807) is 4.68 Å². The van der Waals surface area contributed by atoms with Crippen LogP contribution in [0.2, 0.25) is 0 Å². The second-order valence-corrected chi connectivity index (χ2v) is 9.35. The first-order chi connectivity index (χ1) is 14.9. The normalized spacial score (nSPS) is 19.7. The van der Waals surface area contributed by atoms with Crippen LogP contribution in [0, 0.1) is 0 Å². The monoisotopic (exact) mass is 453 g/mol. The van der Waals surface area contributed by atoms with E-state index >= 15 is 0 Å². The molecule has 1 aliphatic heterocycles. The highest BCUT2D eigenvalue weighted by Gasteiger charge is 2.37. The topological polar surface area (TPSA) is 54.8 Å². The van der Waals surface area contributed by atoms with Crippen molar-refractivity contribution in [3.63, 3.8) is 0 Å². The number of hydrogen-bond acceptors (Lipinski definition) is 5. The average Bonchev–Trinajstić information content (AvgIpc) is 3.07. The highest BCUT2D eigenvalue weighted by atomic mass is 32.2. The number of halogens is 3. The standard InChI is InChI=1S/C22H30F3N5S/c1-31-20-26-19-28-21(13-9-7-5-3-2-4-6-8-10-14-21)27-17-15-16(22(23,24)25)11-12-18(17)30(19)29-20/h11-12,15,27H,2-10,13-14H2,1H3,(H,26,28,29). The van der Waals surface area contributed by atoms with Crippen LogP contribution < -0.4 is 10.6 Å². The van der Waals surface area contributed by atoms with E-state index in [0.29, 0.717) is 22.5 Å². The van der Waals surface area contributed by atoms with Gasteiger partial charge in [-0.05, 0) is 50.1 Å². The Bertz CT molecular complexity index is 884. The Kier molecular flexibility index (Phi) is 6.69. The zero-order valence-electron chi connectivity index (χ0n) is 17.9. The molecule has 31 heavy (non-hydrogen) atoms. The molecule has 0 saturated heterocycles. The van der Waals surface area contributed by atoms with Gasteiger partial charge in [-0.15, -0.1) is 5.10 Å². The predicted octanol–water partition coefficient (Wildman–Crippen LogP) is 6.85. The fourth-order valence-electron chi connectivity index (χ4n) is 4.59. The van der Waals surface area contributed by atoms with Gasteiger partial charge in [0, 0.05) is 0 Å². The van der Waals surface area contributed by atoms with Crippen molar-refractivity contribution in [1.82, 2.24) is 14.8 Å². The third-order valence-electron chi connectivity index (χ3n) is 6.25. The van der Waals surface area contributed by atoms with Crippen LogP contribution in [0.4, 0.5) is 24.8 Å². The number of benzene rings is 1. The van der Waals surface area contributed by atoms with Crippen LogP contribution in [-0.2, 0) is 6.18 Å². The molecular weight excluding hydrogens is 423 g/mol. The Hall–Kier alpha value is -1.90. The van der Waals surface area contributed by atoms with Crippen molar-refractivity contribution in [2.75, 3.05) is 16.9 Å². The summed E-state index contributed by atoms with van der Waals surface area (Å²) in [5, 5.41) is 12.2. The lowest BCUT2D eigenvalue weighted by Crippen LogP contribution is -2.46. The SMILES string of the molecule is CSc1nc2n(n1)-c1ccc(C(F)(F)F)cc1NC1(CCCCCCCCCCC1)N2. The van der Waals surface area contributed by atoms with Gasteiger partial charge in [0.05, 0.1) is 16.9 Å². The third-order valence-corrected chi connectivity index (χ3v) is 6.79. The van der Waals surface area contributed by atoms with E-state index in [9.17, 15) is 13.2 Å². The number of nitrogens with one attached hydrogen (secondary N) is 2. The molecule has 9 heteroatoms. The molecule has 0 radical (unpaired) electrons. The number of nitrogens with zero attached hydrogens (tertiary/aromatic N) is 3. The van der Waals surface area contributed by atoms with E-state index in [1.807, 2.05) is 6.26 Å². The molecule has 170 valence electrons. The van der Waals surface area contributed by atoms with Crippen molar-refractivity contribution >= 4 is 23.4 Å². The van der Waals surface area contributed by atoms with Crippen molar-refractivity contribution < 1.29 is 13.2 Å². The summed E-state index contributed by atoms with van der Waals surface area (Å²) in [5.74, 6) is 0.586. The quantitative estimate of drug-likeness (QED) is 0.463. The molecule has 0 amide bonds. The number of anilines is 2. The van der Waals surface area contributed by atoms with Crippen LogP contribution in [-0.4, -0.2) is 26.7 Å². The summed E-state index contributed by atoms with van der Waals surface area (Å²) in [6.07, 6.45) is 9.66. The van der Waals surface area contributed by atoms with Crippen LogP contribution in [0.1, 0.15) is 76.2 Å². The van der Waals surface area contributed by atoms with Gasteiger partial charge in [-0.25, -0.2) is 0 Å². The first kappa shape index (κ1) is 22.3. The minimum absolute atomic E-state index is 0.450. The van der Waals surface area contributed by atoms with Gasteiger partial charge in [0.1, 0.15) is 5.66 Å². The van der Waals surface area contributed by atoms with Crippen LogP contribution >= 0.6 is 11.8 Å². The van der Waals surface area contributed by atoms with Crippen LogP contribution in [0.5, 0.6) is 0 Å². The van der Waals surface area contributed by atoms with E-state index < -0.39 is 17.4 Å². The zero-order chi connectivity index (χ0) is 21.9. The summed E-state index contributed by atoms with van der Waals surface area (Å²) >= 11 is 1.42. The third kappa shape index (κ3) is 5.13. The molecule has 0 bridgehead atoms. The maximum absolute atomic E-state index is 13.5. The molecule has 1 spiro atoms. The average molecular weight is 454 g/mol. The number of rotatable bonds is 1. The van der Waals surface area contributed by atoms with Gasteiger partial charge in [-0.2, -0.15) is 22.8 Å². The van der Waals surface area contributed by atoms with Crippen molar-refractivity contribution in [3.05, 3.63) is 23.8 Å². The Balaban J connectivity index is 1.75. The second kappa shape index (κ2) is 9.30. The predicted molar refractivity (Wildman–Crippen MR) is 119 cm³/mol. The van der Waals surface area contributed by atoms with Gasteiger partial charge in [0.15, 0.2) is 0 Å². The molecular formula is C22H30F3N5S. The maximum Gasteiger partial charge on any atom is 0.416 e. The van der Waals surface area contributed by atoms with E-state index in [2.05, 4.69) is 20.7 Å². The molecule has 1 aromatic heterocycles. The molecule has 0 unspecified atom stereocenters. The highest BCUT2D eigenvalue weighted by molar-refractivity contribution is 7.98. The Morgan fingerprint density at radius 3 is 2.13 bits per heavy atom. The lowest BCUT2D eigenvalue weighted by atomic mass is 9.92. The summed E-state index contributed by atoms with van der Waals surface area (Å²) in [6.45, 7) is 0. The maximum atomic E-state index is 13.5. The molecule has 2 aliphatic rings. The van der Waals surface area contributed by atoms with Gasteiger partial charge in [-0.3, -0.25) is 0 Å². The first-order valence-electron chi connectivity index (χ1n) is 11.2. The number of fused-ring (bicyclic) bond motifs is 3. The van der Waals surface area contributed by atoms with E-state index in [1.165, 1.54) is 56.0 Å². The molecule has 1 fully saturated rings. The van der Waals surface area contributed by atoms with Crippen LogP contribution in [0.15, 0.2) is 23.4 Å². The molecule has 1 saturated carbocycles. The summed E-state index contributed by atoms with van der Waals surface area (Å²) in [6, 6.07) is 3.82. The minimum atomic E-state index is -4.40. The molecule has 2 N–H and O–H groups in total. The lowest BCUT2D eigenvalue weighted by molar-refractivity contribution is -0.137. The number of hydrogen-bond donors (Lipinski definition) is 2. The molecule has 5 nitrogen and oxygen atoms in total. The highest BCUT2D eigenvalue weighted by Crippen LogP contribution is 2.40. The summed E-state index contributed by atoms with van der Waals surface area (Å²) in [4.78, 5) is 4.62. The zero-order valence-corrected chi connectivity index (χ0v) is 18.7. The van der Waals surface area contributed by atoms with Gasteiger partial charge in [0.25, 0.3) is 0 Å². The fraction of sp³-hybridized carbons (Fsp3) is 0.636. The fourth-order valence-corrected chi connectivity index (χ4v) is 4.94. The first-order valence-corrected chi connectivity index (χ1v) is 12.4. The van der Waals surface area contributed by atoms with Crippen LogP contribution in [0.3, 0.4) is 0 Å². The summed E-state index contributed by atoms with van der Waals surface area (Å²) < 4.78 is 42.0. The Morgan fingerprint density at radius 2 is 1.55 bits per heavy atom. The number of thioether (sulfide) groups is 1. The smallest absolute Gasteiger partial charge is 0.361 e. The van der Waals surface area contributed by atoms with Crippen molar-refractivity contribution in [2.45, 2.75) is 87.6 Å². The van der Waals surface area contributed by atoms with E-state index in [0.717, 1.165) is 44.6 Å². The van der Waals surface area contributed by atoms with Crippen molar-refractivity contribution in [3.8, 4) is 5.69 Å². The van der Waals surface area contributed by atoms with Gasteiger partial charge in [-0.1, -0.05) is 56.7 Å². The molecule has 2 heterocycles. The molecule has 1 aliphatic carbocycles. The summed E-state index contributed by atoms with van der Waals surface area (Å²) in [5.41, 5.74) is -0.164. The second-order valence-electron chi connectivity index (χ2n) is 8.58. The largest absolute Gasteiger partial charge is 0.416 e. The van der Waals surface area contributed by atoms with Gasteiger partial charge < -0.3 is 10.6 Å². The minimum Gasteiger partial charge on any atom is -0.361 e. The molecule has 0 atom stereocenters. The van der Waals surface area contributed by atoms with Gasteiger partial charge >= 0.3 is 6.18 Å². The van der Waals surface area contributed by atoms with Crippen molar-refractivity contribution in [2.24, 2.45) is 0 Å². The van der Waals surface area contributed by atoms with E-state index in [4.69, 9.17) is 0 Å². The summed E-state index contributed by atoms with van der Waals surface area (Å²) in [7, 11) is 0. The Morgan fingerprint density at radius 1 is 0.935 bits per heavy atom. The lowest BCUT2D eigenvalue weighted by Gasteiger charge is -2.36. The number of alkyl halides is 3. The van der Waals surface area contributed by atoms with E-state index in [-0.39, 0.29) is 0 Å². The Labute approximate surface area is 185 Å². The van der Waals surface area contributed by atoms with Crippen LogP contribution in [0.25, 0.3) is 5.69 Å². The van der Waals surface area contributed by atoms with Gasteiger partial charge in [0.2, 0.25) is 11.1 Å². The molecule has 4 rings (SSSR count). The molecule has 1 aromatic carbocycles.